The second kappa shape index (κ2) is 10.1. The molecule has 0 bridgehead atoms. The molecule has 1 amide bonds. The molecule has 2 heterocycles. The summed E-state index contributed by atoms with van der Waals surface area (Å²) in [6.07, 6.45) is 0.874. The number of benzene rings is 2. The van der Waals surface area contributed by atoms with Gasteiger partial charge in [-0.15, -0.1) is 0 Å². The van der Waals surface area contributed by atoms with Crippen molar-refractivity contribution in [2.45, 2.75) is 36.6 Å². The number of halogens is 1. The summed E-state index contributed by atoms with van der Waals surface area (Å²) in [5.41, 5.74) is 1.20. The number of nitrogens with one attached hydrogen (secondary N) is 2. The fourth-order valence-electron chi connectivity index (χ4n) is 3.77. The monoisotopic (exact) mass is 469 g/mol. The molecule has 0 aliphatic carbocycles. The first-order chi connectivity index (χ1) is 16.0. The van der Waals surface area contributed by atoms with Crippen molar-refractivity contribution in [3.8, 4) is 11.5 Å². The molecule has 1 aliphatic rings. The Hall–Kier alpha value is -3.33. The minimum atomic E-state index is -0.544. The zero-order chi connectivity index (χ0) is 23.4. The van der Waals surface area contributed by atoms with Crippen LogP contribution in [0.4, 0.5) is 10.2 Å². The van der Waals surface area contributed by atoms with Crippen LogP contribution in [-0.2, 0) is 10.5 Å². The van der Waals surface area contributed by atoms with E-state index in [4.69, 9.17) is 9.47 Å². The molecule has 3 aromatic rings. The van der Waals surface area contributed by atoms with Crippen LogP contribution < -0.4 is 20.3 Å². The molecule has 0 saturated heterocycles. The molecular weight excluding hydrogens is 445 g/mol. The summed E-state index contributed by atoms with van der Waals surface area (Å²) in [6, 6.07) is 11.9. The Morgan fingerprint density at radius 2 is 2.00 bits per heavy atom. The Morgan fingerprint density at radius 3 is 2.76 bits per heavy atom. The quantitative estimate of drug-likeness (QED) is 0.373. The molecule has 9 heteroatoms. The first-order valence-corrected chi connectivity index (χ1v) is 11.6. The number of hydrogen-bond donors (Lipinski definition) is 2. The van der Waals surface area contributed by atoms with Gasteiger partial charge >= 0.3 is 0 Å². The molecule has 172 valence electrons. The minimum absolute atomic E-state index is 0.0785. The summed E-state index contributed by atoms with van der Waals surface area (Å²) in [6.45, 7) is 2.47. The van der Waals surface area contributed by atoms with E-state index in [0.29, 0.717) is 40.0 Å². The first kappa shape index (κ1) is 22.8. The maximum Gasteiger partial charge on any atom is 0.257 e. The summed E-state index contributed by atoms with van der Waals surface area (Å²) < 4.78 is 25.3. The van der Waals surface area contributed by atoms with Crippen molar-refractivity contribution in [2.75, 3.05) is 19.0 Å². The molecule has 0 radical (unpaired) electrons. The van der Waals surface area contributed by atoms with Gasteiger partial charge in [-0.1, -0.05) is 49.0 Å². The number of carbonyl (C=O) groups excluding carboxylic acids is 1. The highest BCUT2D eigenvalue weighted by atomic mass is 32.2. The van der Waals surface area contributed by atoms with Crippen LogP contribution in [0.15, 0.2) is 52.4 Å². The molecule has 0 unspecified atom stereocenters. The van der Waals surface area contributed by atoms with Gasteiger partial charge in [0, 0.05) is 23.7 Å². The predicted molar refractivity (Wildman–Crippen MR) is 125 cm³/mol. The number of hydrogen-bond acceptors (Lipinski definition) is 6. The van der Waals surface area contributed by atoms with Gasteiger partial charge in [0.15, 0.2) is 16.7 Å². The molecule has 2 aromatic carbocycles. The van der Waals surface area contributed by atoms with E-state index in [0.717, 1.165) is 6.42 Å². The Balaban J connectivity index is 1.71. The van der Waals surface area contributed by atoms with Crippen molar-refractivity contribution in [1.82, 2.24) is 9.97 Å². The molecule has 0 saturated carbocycles. The number of aromatic nitrogens is 2. The molecule has 0 fully saturated rings. The van der Waals surface area contributed by atoms with Crippen LogP contribution in [-0.4, -0.2) is 29.6 Å². The summed E-state index contributed by atoms with van der Waals surface area (Å²) in [5.74, 6) is 0.436. The Bertz CT molecular complexity index is 1230. The summed E-state index contributed by atoms with van der Waals surface area (Å²) >= 11 is 1.19. The summed E-state index contributed by atoms with van der Waals surface area (Å²) in [7, 11) is 1.55. The topological polar surface area (TPSA) is 93.3 Å². The number of aromatic amines is 1. The van der Waals surface area contributed by atoms with Gasteiger partial charge in [0.2, 0.25) is 5.91 Å². The van der Waals surface area contributed by atoms with Crippen molar-refractivity contribution in [3.63, 3.8) is 0 Å². The third-order valence-electron chi connectivity index (χ3n) is 5.31. The van der Waals surface area contributed by atoms with E-state index in [1.807, 2.05) is 13.0 Å². The Kier molecular flexibility index (Phi) is 6.98. The molecule has 1 atom stereocenters. The molecule has 1 aliphatic heterocycles. The summed E-state index contributed by atoms with van der Waals surface area (Å²) in [5, 5.41) is 3.01. The molecule has 0 spiro atoms. The third-order valence-corrected chi connectivity index (χ3v) is 6.23. The van der Waals surface area contributed by atoms with E-state index in [2.05, 4.69) is 15.3 Å². The number of para-hydroxylation sites is 1. The average Bonchev–Trinajstić information content (AvgIpc) is 2.81. The van der Waals surface area contributed by atoms with Crippen LogP contribution in [0.3, 0.4) is 0 Å². The van der Waals surface area contributed by atoms with Gasteiger partial charge in [0.25, 0.3) is 5.56 Å². The average molecular weight is 470 g/mol. The molecule has 4 rings (SSSR count). The van der Waals surface area contributed by atoms with Gasteiger partial charge in [-0.2, -0.15) is 0 Å². The van der Waals surface area contributed by atoms with E-state index in [1.54, 1.807) is 37.4 Å². The highest BCUT2D eigenvalue weighted by Crippen LogP contribution is 2.42. The minimum Gasteiger partial charge on any atom is -0.493 e. The molecular formula is C24H24FN3O4S. The van der Waals surface area contributed by atoms with Crippen LogP contribution in [0, 0.1) is 5.82 Å². The number of thioether (sulfide) groups is 1. The second-order valence-electron chi connectivity index (χ2n) is 7.55. The van der Waals surface area contributed by atoms with E-state index in [9.17, 15) is 14.0 Å². The van der Waals surface area contributed by atoms with Crippen LogP contribution in [0.5, 0.6) is 11.5 Å². The summed E-state index contributed by atoms with van der Waals surface area (Å²) in [4.78, 5) is 32.9. The number of nitrogens with zero attached hydrogens (tertiary/aromatic N) is 1. The number of rotatable bonds is 8. The van der Waals surface area contributed by atoms with Crippen LogP contribution in [0.2, 0.25) is 0 Å². The second-order valence-corrected chi connectivity index (χ2v) is 8.51. The molecule has 7 nitrogen and oxygen atoms in total. The maximum atomic E-state index is 13.9. The number of amides is 1. The lowest BCUT2D eigenvalue weighted by Crippen LogP contribution is -2.31. The van der Waals surface area contributed by atoms with E-state index in [-0.39, 0.29) is 35.3 Å². The van der Waals surface area contributed by atoms with E-state index < -0.39 is 5.92 Å². The molecule has 1 aromatic heterocycles. The third kappa shape index (κ3) is 4.88. The van der Waals surface area contributed by atoms with Crippen LogP contribution in [0.25, 0.3) is 0 Å². The Labute approximate surface area is 194 Å². The van der Waals surface area contributed by atoms with E-state index >= 15 is 0 Å². The normalized spacial score (nSPS) is 15.0. The van der Waals surface area contributed by atoms with Crippen molar-refractivity contribution in [3.05, 3.63) is 75.3 Å². The van der Waals surface area contributed by atoms with Crippen molar-refractivity contribution in [1.29, 1.82) is 0 Å². The van der Waals surface area contributed by atoms with Gasteiger partial charge in [-0.25, -0.2) is 9.37 Å². The van der Waals surface area contributed by atoms with E-state index in [1.165, 1.54) is 17.8 Å². The van der Waals surface area contributed by atoms with Gasteiger partial charge in [0.05, 0.1) is 19.3 Å². The standard InChI is InChI=1S/C24H24FN3O4S/c1-3-11-32-21-15(8-6-10-18(21)31-2)16-12-19(29)26-22-20(16)23(30)28-24(27-22)33-13-14-7-4-5-9-17(14)25/h4-10,16H,3,11-13H2,1-2H3,(H2,26,27,28,29,30)/t16-/m1/s1. The maximum absolute atomic E-state index is 13.9. The number of anilines is 1. The van der Waals surface area contributed by atoms with Gasteiger partial charge in [-0.3, -0.25) is 9.59 Å². The lowest BCUT2D eigenvalue weighted by molar-refractivity contribution is -0.116. The van der Waals surface area contributed by atoms with Gasteiger partial charge in [-0.05, 0) is 24.1 Å². The van der Waals surface area contributed by atoms with Crippen molar-refractivity contribution < 1.29 is 18.7 Å². The lowest BCUT2D eigenvalue weighted by atomic mass is 9.86. The fraction of sp³-hybridized carbons (Fsp3) is 0.292. The fourth-order valence-corrected chi connectivity index (χ4v) is 4.62. The number of H-pyrrole nitrogens is 1. The highest BCUT2D eigenvalue weighted by molar-refractivity contribution is 7.98. The van der Waals surface area contributed by atoms with Crippen molar-refractivity contribution in [2.24, 2.45) is 0 Å². The number of ether oxygens (including phenoxy) is 2. The smallest absolute Gasteiger partial charge is 0.257 e. The number of carbonyl (C=O) groups is 1. The molecule has 2 N–H and O–H groups in total. The van der Waals surface area contributed by atoms with Gasteiger partial charge in [0.1, 0.15) is 11.6 Å². The number of methoxy groups -OCH3 is 1. The number of fused-ring (bicyclic) bond motifs is 1. The van der Waals surface area contributed by atoms with Crippen LogP contribution >= 0.6 is 11.8 Å². The molecule has 33 heavy (non-hydrogen) atoms. The predicted octanol–water partition coefficient (Wildman–Crippen LogP) is 4.47. The largest absolute Gasteiger partial charge is 0.493 e. The SMILES string of the molecule is CCCOc1c(OC)cccc1[C@H]1CC(=O)Nc2nc(SCc3ccccc3F)[nH]c(=O)c21. The zero-order valence-electron chi connectivity index (χ0n) is 18.3. The highest BCUT2D eigenvalue weighted by Gasteiger charge is 2.33. The van der Waals surface area contributed by atoms with Crippen LogP contribution in [0.1, 0.15) is 42.4 Å². The van der Waals surface area contributed by atoms with Crippen molar-refractivity contribution >= 4 is 23.5 Å². The first-order valence-electron chi connectivity index (χ1n) is 10.6. The Morgan fingerprint density at radius 1 is 1.18 bits per heavy atom. The zero-order valence-corrected chi connectivity index (χ0v) is 19.1. The van der Waals surface area contributed by atoms with Gasteiger partial charge < -0.3 is 19.8 Å². The lowest BCUT2D eigenvalue weighted by Gasteiger charge is -2.26.